The molecule has 1 saturated heterocycles. The molecule has 0 bridgehead atoms. The first kappa shape index (κ1) is 9.96. The summed E-state index contributed by atoms with van der Waals surface area (Å²) in [6.45, 7) is 4.56. The van der Waals surface area contributed by atoms with Crippen molar-refractivity contribution in [3.63, 3.8) is 0 Å². The molecule has 1 rings (SSSR count). The number of amides is 1. The van der Waals surface area contributed by atoms with Crippen molar-refractivity contribution in [2.75, 3.05) is 13.2 Å². The van der Waals surface area contributed by atoms with E-state index in [-0.39, 0.29) is 11.8 Å². The molecule has 2 atom stereocenters. The van der Waals surface area contributed by atoms with Crippen LogP contribution >= 0.6 is 0 Å². The molecule has 0 aliphatic carbocycles. The van der Waals surface area contributed by atoms with Gasteiger partial charge in [0.25, 0.3) is 5.91 Å². The lowest BCUT2D eigenvalue weighted by Gasteiger charge is -2.27. The molecule has 0 spiro atoms. The second-order valence-electron chi connectivity index (χ2n) is 3.04. The van der Waals surface area contributed by atoms with Crippen molar-refractivity contribution in [3.05, 3.63) is 5.57 Å². The molecule has 1 aliphatic rings. The largest absolute Gasteiger partial charge is 0.363 e. The molecule has 13 heavy (non-hydrogen) atoms. The summed E-state index contributed by atoms with van der Waals surface area (Å²) in [5, 5.41) is 2.67. The normalized spacial score (nSPS) is 28.2. The summed E-state index contributed by atoms with van der Waals surface area (Å²) in [5.74, 6) is 1.58. The molecular formula is C9H13NO3. The van der Waals surface area contributed by atoms with Gasteiger partial charge in [0.05, 0.1) is 5.57 Å². The molecule has 1 N–H and O–H groups in total. The van der Waals surface area contributed by atoms with Crippen molar-refractivity contribution in [2.45, 2.75) is 20.0 Å². The van der Waals surface area contributed by atoms with E-state index < -0.39 is 6.10 Å². The molecule has 0 saturated carbocycles. The van der Waals surface area contributed by atoms with Crippen molar-refractivity contribution in [3.8, 4) is 0 Å². The van der Waals surface area contributed by atoms with Crippen LogP contribution in [-0.2, 0) is 14.3 Å². The molecule has 0 aromatic carbocycles. The lowest BCUT2D eigenvalue weighted by atomic mass is 9.93. The van der Waals surface area contributed by atoms with Gasteiger partial charge in [-0.1, -0.05) is 6.92 Å². The predicted octanol–water partition coefficient (Wildman–Crippen LogP) is -0.0846. The fourth-order valence-electron chi connectivity index (χ4n) is 1.34. The van der Waals surface area contributed by atoms with Crippen molar-refractivity contribution in [1.29, 1.82) is 0 Å². The Labute approximate surface area is 76.9 Å². The van der Waals surface area contributed by atoms with Gasteiger partial charge < -0.3 is 10.1 Å². The Morgan fingerprint density at radius 2 is 2.38 bits per heavy atom. The number of hydrogen-bond acceptors (Lipinski definition) is 3. The Bertz CT molecular complexity index is 256. The van der Waals surface area contributed by atoms with Crippen LogP contribution in [0.4, 0.5) is 0 Å². The summed E-state index contributed by atoms with van der Waals surface area (Å²) in [7, 11) is 0. The smallest absolute Gasteiger partial charge is 0.254 e. The minimum absolute atomic E-state index is 0.0201. The zero-order valence-corrected chi connectivity index (χ0v) is 7.79. The lowest BCUT2D eigenvalue weighted by Crippen LogP contribution is -2.47. The first-order valence-electron chi connectivity index (χ1n) is 4.34. The van der Waals surface area contributed by atoms with E-state index in [1.165, 1.54) is 0 Å². The molecule has 72 valence electrons. The van der Waals surface area contributed by atoms with Gasteiger partial charge in [-0.3, -0.25) is 4.79 Å². The van der Waals surface area contributed by atoms with Crippen LogP contribution in [0.1, 0.15) is 13.8 Å². The third-order valence-electron chi connectivity index (χ3n) is 2.09. The lowest BCUT2D eigenvalue weighted by molar-refractivity contribution is -0.132. The van der Waals surface area contributed by atoms with E-state index in [4.69, 9.17) is 4.74 Å². The second kappa shape index (κ2) is 4.21. The maximum Gasteiger partial charge on any atom is 0.254 e. The molecule has 0 aromatic rings. The van der Waals surface area contributed by atoms with Crippen molar-refractivity contribution in [2.24, 2.45) is 5.92 Å². The average Bonchev–Trinajstić information content (AvgIpc) is 2.12. The van der Waals surface area contributed by atoms with E-state index in [1.807, 2.05) is 6.92 Å². The molecule has 1 amide bonds. The van der Waals surface area contributed by atoms with Gasteiger partial charge in [0, 0.05) is 19.1 Å². The molecule has 1 heterocycles. The number of ether oxygens (including phenoxy) is 1. The van der Waals surface area contributed by atoms with Gasteiger partial charge in [-0.15, -0.1) is 0 Å². The standard InChI is InChI=1S/C9H13NO3/c1-3-13-8-7(5-11)6(2)4-10-9(8)12/h6,8H,3-4H2,1-2H3,(H,10,12)/t6?,8-/m1/s1. The van der Waals surface area contributed by atoms with Crippen LogP contribution in [-0.4, -0.2) is 31.1 Å². The van der Waals surface area contributed by atoms with E-state index in [1.54, 1.807) is 12.9 Å². The van der Waals surface area contributed by atoms with Crippen molar-refractivity contribution >= 4 is 11.8 Å². The molecule has 1 aliphatic heterocycles. The fourth-order valence-corrected chi connectivity index (χ4v) is 1.34. The van der Waals surface area contributed by atoms with Crippen LogP contribution in [0.3, 0.4) is 0 Å². The van der Waals surface area contributed by atoms with Gasteiger partial charge in [0.2, 0.25) is 0 Å². The summed E-state index contributed by atoms with van der Waals surface area (Å²) in [6.07, 6.45) is -0.730. The first-order chi connectivity index (χ1) is 6.20. The van der Waals surface area contributed by atoms with Gasteiger partial charge in [-0.25, -0.2) is 4.79 Å². The maximum absolute atomic E-state index is 11.3. The number of rotatable bonds is 2. The quantitative estimate of drug-likeness (QED) is 0.609. The molecule has 1 unspecified atom stereocenters. The highest BCUT2D eigenvalue weighted by molar-refractivity contribution is 5.88. The minimum atomic E-state index is -0.730. The van der Waals surface area contributed by atoms with E-state index in [0.29, 0.717) is 18.7 Å². The highest BCUT2D eigenvalue weighted by Gasteiger charge is 2.32. The van der Waals surface area contributed by atoms with Gasteiger partial charge in [0.15, 0.2) is 6.10 Å². The zero-order valence-electron chi connectivity index (χ0n) is 7.79. The molecule has 0 radical (unpaired) electrons. The Hall–Kier alpha value is -1.12. The van der Waals surface area contributed by atoms with Gasteiger partial charge in [-0.05, 0) is 6.92 Å². The summed E-state index contributed by atoms with van der Waals surface area (Å²) < 4.78 is 5.16. The summed E-state index contributed by atoms with van der Waals surface area (Å²) in [5.41, 5.74) is 0.422. The Balaban J connectivity index is 2.84. The van der Waals surface area contributed by atoms with Gasteiger partial charge in [-0.2, -0.15) is 0 Å². The highest BCUT2D eigenvalue weighted by Crippen LogP contribution is 2.18. The average molecular weight is 183 g/mol. The van der Waals surface area contributed by atoms with E-state index in [0.717, 1.165) is 0 Å². The van der Waals surface area contributed by atoms with Crippen LogP contribution in [0, 0.1) is 5.92 Å². The molecule has 4 nitrogen and oxygen atoms in total. The van der Waals surface area contributed by atoms with E-state index in [2.05, 4.69) is 5.32 Å². The van der Waals surface area contributed by atoms with Gasteiger partial charge >= 0.3 is 0 Å². The number of nitrogens with one attached hydrogen (secondary N) is 1. The zero-order chi connectivity index (χ0) is 9.84. The maximum atomic E-state index is 11.3. The molecular weight excluding hydrogens is 170 g/mol. The number of piperidine rings is 1. The third kappa shape index (κ3) is 1.97. The van der Waals surface area contributed by atoms with E-state index in [9.17, 15) is 9.59 Å². The topological polar surface area (TPSA) is 55.4 Å². The molecule has 1 fully saturated rings. The SMILES string of the molecule is CCO[C@H]1C(=O)NCC(C)C1=C=O. The van der Waals surface area contributed by atoms with Crippen molar-refractivity contribution in [1.82, 2.24) is 5.32 Å². The monoisotopic (exact) mass is 183 g/mol. The minimum Gasteiger partial charge on any atom is -0.363 e. The van der Waals surface area contributed by atoms with Crippen LogP contribution in [0.15, 0.2) is 5.57 Å². The molecule has 4 heteroatoms. The molecule has 0 aromatic heterocycles. The van der Waals surface area contributed by atoms with E-state index >= 15 is 0 Å². The summed E-state index contributed by atoms with van der Waals surface area (Å²) >= 11 is 0. The Morgan fingerprint density at radius 3 is 2.92 bits per heavy atom. The Kier molecular flexibility index (Phi) is 3.23. The van der Waals surface area contributed by atoms with Crippen LogP contribution < -0.4 is 5.32 Å². The predicted molar refractivity (Wildman–Crippen MR) is 46.8 cm³/mol. The summed E-state index contributed by atoms with van der Waals surface area (Å²) in [4.78, 5) is 21.8. The Morgan fingerprint density at radius 1 is 1.69 bits per heavy atom. The number of carbonyl (C=O) groups excluding carboxylic acids is 2. The van der Waals surface area contributed by atoms with Crippen LogP contribution in [0.5, 0.6) is 0 Å². The highest BCUT2D eigenvalue weighted by atomic mass is 16.5. The fraction of sp³-hybridized carbons (Fsp3) is 0.667. The third-order valence-corrected chi connectivity index (χ3v) is 2.09. The van der Waals surface area contributed by atoms with Crippen LogP contribution in [0.2, 0.25) is 0 Å². The van der Waals surface area contributed by atoms with Crippen molar-refractivity contribution < 1.29 is 14.3 Å². The summed E-state index contributed by atoms with van der Waals surface area (Å²) in [6, 6.07) is 0. The second-order valence-corrected chi connectivity index (χ2v) is 3.04. The first-order valence-corrected chi connectivity index (χ1v) is 4.34. The van der Waals surface area contributed by atoms with Crippen LogP contribution in [0.25, 0.3) is 0 Å². The number of hydrogen-bond donors (Lipinski definition) is 1. The van der Waals surface area contributed by atoms with Gasteiger partial charge in [0.1, 0.15) is 5.94 Å². The number of carbonyl (C=O) groups is 1.